The number of nitrogens with one attached hydrogen (secondary N) is 2. The summed E-state index contributed by atoms with van der Waals surface area (Å²) in [5, 5.41) is 15.5. The topological polar surface area (TPSA) is 120 Å². The van der Waals surface area contributed by atoms with Crippen LogP contribution in [0.2, 0.25) is 0 Å². The summed E-state index contributed by atoms with van der Waals surface area (Å²) in [5.41, 5.74) is -1.78. The Morgan fingerprint density at radius 2 is 1.97 bits per heavy atom. The van der Waals surface area contributed by atoms with Gasteiger partial charge in [0.05, 0.1) is 43.3 Å². The van der Waals surface area contributed by atoms with Crippen molar-refractivity contribution in [1.29, 1.82) is 0 Å². The second-order valence-electron chi connectivity index (χ2n) is 9.47. The fourth-order valence-electron chi connectivity index (χ4n) is 6.33. The first kappa shape index (κ1) is 23.4. The summed E-state index contributed by atoms with van der Waals surface area (Å²) >= 11 is 0. The van der Waals surface area contributed by atoms with E-state index in [4.69, 9.17) is 9.47 Å². The Hall–Kier alpha value is -1.75. The average Bonchev–Trinajstić information content (AvgIpc) is 3.42. The minimum Gasteiger partial charge on any atom is -0.394 e. The summed E-state index contributed by atoms with van der Waals surface area (Å²) in [6.07, 6.45) is 1.77. The van der Waals surface area contributed by atoms with Crippen LogP contribution in [-0.4, -0.2) is 109 Å². The molecule has 0 aliphatic carbocycles. The molecule has 4 saturated heterocycles. The van der Waals surface area contributed by atoms with Crippen LogP contribution in [0.3, 0.4) is 0 Å². The predicted octanol–water partition coefficient (Wildman–Crippen LogP) is -1.28. The minimum atomic E-state index is -1.04. The number of fused-ring (bicyclic) bond motifs is 1. The molecule has 4 heterocycles. The molecule has 4 rings (SSSR count). The van der Waals surface area contributed by atoms with Crippen molar-refractivity contribution < 1.29 is 29.0 Å². The van der Waals surface area contributed by atoms with Crippen molar-refractivity contribution in [3.63, 3.8) is 0 Å². The Morgan fingerprint density at radius 3 is 2.59 bits per heavy atom. The number of hydrogen-bond donors (Lipinski definition) is 3. The van der Waals surface area contributed by atoms with Crippen LogP contribution < -0.4 is 10.6 Å². The Bertz CT molecular complexity index is 759. The third kappa shape index (κ3) is 3.43. The van der Waals surface area contributed by atoms with Crippen LogP contribution in [0.4, 0.5) is 0 Å². The Morgan fingerprint density at radius 1 is 1.25 bits per heavy atom. The number of amides is 3. The average molecular weight is 453 g/mol. The molecule has 6 atom stereocenters. The number of nitrogens with zero attached hydrogens (tertiary/aromatic N) is 2. The van der Waals surface area contributed by atoms with Crippen LogP contribution in [0.25, 0.3) is 0 Å². The highest BCUT2D eigenvalue weighted by Gasteiger charge is 2.78. The normalized spacial score (nSPS) is 37.4. The third-order valence-corrected chi connectivity index (χ3v) is 7.97. The molecule has 4 aliphatic heterocycles. The largest absolute Gasteiger partial charge is 0.394 e. The number of rotatable bonds is 8. The van der Waals surface area contributed by atoms with Gasteiger partial charge in [0.1, 0.15) is 11.6 Å². The number of carbonyl (C=O) groups is 3. The van der Waals surface area contributed by atoms with E-state index in [1.54, 1.807) is 14.0 Å². The van der Waals surface area contributed by atoms with Crippen LogP contribution >= 0.6 is 0 Å². The van der Waals surface area contributed by atoms with Gasteiger partial charge in [-0.15, -0.1) is 0 Å². The summed E-state index contributed by atoms with van der Waals surface area (Å²) < 4.78 is 12.0. The van der Waals surface area contributed by atoms with Crippen molar-refractivity contribution in [2.24, 2.45) is 11.8 Å². The van der Waals surface area contributed by atoms with Crippen LogP contribution in [0.15, 0.2) is 0 Å². The number of hydrogen-bond acceptors (Lipinski definition) is 7. The first-order chi connectivity index (χ1) is 15.3. The second-order valence-corrected chi connectivity index (χ2v) is 9.47. The Kier molecular flexibility index (Phi) is 6.50. The van der Waals surface area contributed by atoms with Crippen LogP contribution in [-0.2, 0) is 23.9 Å². The van der Waals surface area contributed by atoms with Gasteiger partial charge in [0, 0.05) is 33.2 Å². The smallest absolute Gasteiger partial charge is 0.245 e. The lowest BCUT2D eigenvalue weighted by Gasteiger charge is -2.36. The molecule has 10 nitrogen and oxygen atoms in total. The monoisotopic (exact) mass is 452 g/mol. The lowest BCUT2D eigenvalue weighted by molar-refractivity contribution is -0.150. The van der Waals surface area contributed by atoms with Gasteiger partial charge in [-0.2, -0.15) is 0 Å². The number of aliphatic hydroxyl groups excluding tert-OH is 1. The van der Waals surface area contributed by atoms with Crippen molar-refractivity contribution >= 4 is 17.7 Å². The van der Waals surface area contributed by atoms with Gasteiger partial charge in [-0.1, -0.05) is 6.92 Å². The lowest BCUT2D eigenvalue weighted by atomic mass is 9.65. The van der Waals surface area contributed by atoms with E-state index in [2.05, 4.69) is 15.5 Å². The molecule has 32 heavy (non-hydrogen) atoms. The predicted molar refractivity (Wildman–Crippen MR) is 115 cm³/mol. The van der Waals surface area contributed by atoms with E-state index >= 15 is 0 Å². The van der Waals surface area contributed by atoms with E-state index < -0.39 is 35.1 Å². The first-order valence-electron chi connectivity index (χ1n) is 11.8. The highest BCUT2D eigenvalue weighted by atomic mass is 16.5. The molecule has 3 amide bonds. The summed E-state index contributed by atoms with van der Waals surface area (Å²) in [4.78, 5) is 43.8. The van der Waals surface area contributed by atoms with E-state index in [-0.39, 0.29) is 24.3 Å². The molecule has 1 spiro atoms. The molecule has 10 heteroatoms. The molecule has 0 radical (unpaired) electrons. The lowest BCUT2D eigenvalue weighted by Crippen LogP contribution is -2.58. The van der Waals surface area contributed by atoms with E-state index in [0.717, 1.165) is 13.1 Å². The van der Waals surface area contributed by atoms with Gasteiger partial charge in [-0.05, 0) is 26.2 Å². The third-order valence-electron chi connectivity index (χ3n) is 7.97. The van der Waals surface area contributed by atoms with Gasteiger partial charge >= 0.3 is 0 Å². The molecule has 0 aromatic carbocycles. The SMILES string of the molecule is CC[C@]12CCC3(O1)C(C(=O)NCCN1CCOCC1)N([C@H](C)CO)C(=O)[C@@H]3[C@H]2C(=O)NC. The van der Waals surface area contributed by atoms with Gasteiger partial charge < -0.3 is 30.1 Å². The molecule has 0 aromatic rings. The zero-order valence-corrected chi connectivity index (χ0v) is 19.3. The van der Waals surface area contributed by atoms with Crippen molar-refractivity contribution in [2.45, 2.75) is 56.4 Å². The molecule has 2 unspecified atom stereocenters. The standard InChI is InChI=1S/C22H36N4O6/c1-4-21-5-6-22(32-21)16(15(21)18(28)23-3)20(30)26(14(2)13-27)17(22)19(29)24-7-8-25-9-11-31-12-10-25/h14-17,27H,4-13H2,1-3H3,(H,23,28)(H,24,29)/t14-,15+,16+,17?,21-,22?/m1/s1. The molecular formula is C22H36N4O6. The van der Waals surface area contributed by atoms with Gasteiger partial charge in [-0.25, -0.2) is 0 Å². The van der Waals surface area contributed by atoms with Crippen molar-refractivity contribution in [3.8, 4) is 0 Å². The van der Waals surface area contributed by atoms with Gasteiger partial charge in [0.25, 0.3) is 0 Å². The molecular weight excluding hydrogens is 416 g/mol. The summed E-state index contributed by atoms with van der Waals surface area (Å²) in [6, 6.07) is -1.42. The summed E-state index contributed by atoms with van der Waals surface area (Å²) in [7, 11) is 1.56. The number of morpholine rings is 1. The van der Waals surface area contributed by atoms with Gasteiger partial charge in [0.2, 0.25) is 17.7 Å². The van der Waals surface area contributed by atoms with Crippen molar-refractivity contribution in [1.82, 2.24) is 20.4 Å². The molecule has 0 saturated carbocycles. The first-order valence-corrected chi connectivity index (χ1v) is 11.8. The van der Waals surface area contributed by atoms with E-state index in [0.29, 0.717) is 45.6 Å². The Balaban J connectivity index is 1.60. The van der Waals surface area contributed by atoms with Crippen LogP contribution in [0.1, 0.15) is 33.1 Å². The number of ether oxygens (including phenoxy) is 2. The summed E-state index contributed by atoms with van der Waals surface area (Å²) in [6.45, 7) is 7.59. The van der Waals surface area contributed by atoms with Crippen molar-refractivity contribution in [3.05, 3.63) is 0 Å². The van der Waals surface area contributed by atoms with Crippen LogP contribution in [0, 0.1) is 11.8 Å². The summed E-state index contributed by atoms with van der Waals surface area (Å²) in [5.74, 6) is -2.14. The quantitative estimate of drug-likeness (QED) is 0.419. The van der Waals surface area contributed by atoms with E-state index in [1.165, 1.54) is 4.90 Å². The minimum absolute atomic E-state index is 0.225. The zero-order valence-electron chi connectivity index (χ0n) is 19.3. The highest BCUT2D eigenvalue weighted by molar-refractivity contribution is 5.99. The molecule has 3 N–H and O–H groups in total. The van der Waals surface area contributed by atoms with Gasteiger partial charge in [-0.3, -0.25) is 19.3 Å². The van der Waals surface area contributed by atoms with E-state index in [1.807, 2.05) is 6.92 Å². The number of likely N-dealkylation sites (tertiary alicyclic amines) is 1. The highest BCUT2D eigenvalue weighted by Crippen LogP contribution is 2.64. The van der Waals surface area contributed by atoms with Crippen LogP contribution in [0.5, 0.6) is 0 Å². The number of carbonyl (C=O) groups excluding carboxylic acids is 3. The molecule has 4 fully saturated rings. The molecule has 2 bridgehead atoms. The zero-order chi connectivity index (χ0) is 23.1. The maximum atomic E-state index is 13.6. The molecule has 4 aliphatic rings. The molecule has 0 aromatic heterocycles. The van der Waals surface area contributed by atoms with E-state index in [9.17, 15) is 19.5 Å². The molecule has 180 valence electrons. The Labute approximate surface area is 189 Å². The number of aliphatic hydroxyl groups is 1. The maximum absolute atomic E-state index is 13.6. The fraction of sp³-hybridized carbons (Fsp3) is 0.864. The second kappa shape index (κ2) is 8.89. The fourth-order valence-corrected chi connectivity index (χ4v) is 6.33. The van der Waals surface area contributed by atoms with Gasteiger partial charge in [0.15, 0.2) is 0 Å². The van der Waals surface area contributed by atoms with Crippen molar-refractivity contribution in [2.75, 3.05) is 53.0 Å². The maximum Gasteiger partial charge on any atom is 0.245 e.